The third-order valence-corrected chi connectivity index (χ3v) is 8.03. The smallest absolute Gasteiger partial charge is 0.271 e. The van der Waals surface area contributed by atoms with Crippen LogP contribution in [0.2, 0.25) is 0 Å². The highest BCUT2D eigenvalue weighted by atomic mass is 16.1. The Balaban J connectivity index is 1.34. The molecule has 196 valence electrons. The van der Waals surface area contributed by atoms with E-state index in [2.05, 4.69) is 46.6 Å². The molecule has 2 aliphatic rings. The Kier molecular flexibility index (Phi) is 6.33. The van der Waals surface area contributed by atoms with Crippen molar-refractivity contribution in [1.29, 1.82) is 0 Å². The van der Waals surface area contributed by atoms with Crippen molar-refractivity contribution in [2.24, 2.45) is 31.2 Å². The fraction of sp³-hybridized carbons (Fsp3) is 0.500. The third kappa shape index (κ3) is 4.86. The van der Waals surface area contributed by atoms with Crippen molar-refractivity contribution in [3.05, 3.63) is 53.4 Å². The minimum atomic E-state index is -0.634. The van der Waals surface area contributed by atoms with Crippen molar-refractivity contribution in [3.8, 4) is 0 Å². The van der Waals surface area contributed by atoms with Crippen molar-refractivity contribution in [3.63, 3.8) is 0 Å². The maximum atomic E-state index is 13.4. The summed E-state index contributed by atoms with van der Waals surface area (Å²) < 4.78 is 4.02. The summed E-state index contributed by atoms with van der Waals surface area (Å²) in [5.41, 5.74) is 10.2. The highest BCUT2D eigenvalue weighted by Crippen LogP contribution is 2.38. The zero-order chi connectivity index (χ0) is 26.5. The summed E-state index contributed by atoms with van der Waals surface area (Å²) in [5.74, 6) is 0.780. The highest BCUT2D eigenvalue weighted by molar-refractivity contribution is 5.96. The molecule has 0 aromatic carbocycles. The number of aryl methyl sites for hydroxylation is 1. The standard InChI is InChI=1S/C28H37N7O2/c1-17-18(12-23(36)21-11-19-13-28(2,3)14-22(19)34(21)5)7-6-9-35(17)24-15-30-25(26(29)37)27(32-24)31-20-8-10-33(4)16-20/h8,10-11,15-18H,6-7,9,12-14H2,1-5H3,(H2,29,37)(H,31,32)/t17-,18+/m1/s1. The second-order valence-electron chi connectivity index (χ2n) is 11.5. The molecular weight excluding hydrogens is 466 g/mol. The zero-order valence-corrected chi connectivity index (χ0v) is 22.4. The minimum absolute atomic E-state index is 0.0991. The molecule has 3 N–H and O–H groups in total. The first kappa shape index (κ1) is 25.0. The summed E-state index contributed by atoms with van der Waals surface area (Å²) in [7, 11) is 3.95. The van der Waals surface area contributed by atoms with Gasteiger partial charge in [0.2, 0.25) is 0 Å². The van der Waals surface area contributed by atoms with Gasteiger partial charge in [-0.15, -0.1) is 0 Å². The lowest BCUT2D eigenvalue weighted by Gasteiger charge is -2.40. The second-order valence-corrected chi connectivity index (χ2v) is 11.5. The first-order valence-electron chi connectivity index (χ1n) is 13.1. The van der Waals surface area contributed by atoms with E-state index >= 15 is 0 Å². The van der Waals surface area contributed by atoms with Gasteiger partial charge < -0.3 is 25.1 Å². The molecule has 37 heavy (non-hydrogen) atoms. The van der Waals surface area contributed by atoms with Gasteiger partial charge >= 0.3 is 0 Å². The predicted octanol–water partition coefficient (Wildman–Crippen LogP) is 4.00. The third-order valence-electron chi connectivity index (χ3n) is 8.03. The van der Waals surface area contributed by atoms with Gasteiger partial charge in [-0.1, -0.05) is 13.8 Å². The molecule has 1 saturated heterocycles. The number of nitrogens with zero attached hydrogens (tertiary/aromatic N) is 5. The van der Waals surface area contributed by atoms with Crippen LogP contribution in [0, 0.1) is 11.3 Å². The number of fused-ring (bicyclic) bond motifs is 1. The number of carbonyl (C=O) groups excluding carboxylic acids is 2. The molecule has 0 unspecified atom stereocenters. The Hall–Kier alpha value is -3.62. The normalized spacial score (nSPS) is 20.6. The summed E-state index contributed by atoms with van der Waals surface area (Å²) in [6.45, 7) is 7.53. The summed E-state index contributed by atoms with van der Waals surface area (Å²) in [5, 5.41) is 3.19. The van der Waals surface area contributed by atoms with E-state index in [0.29, 0.717) is 18.1 Å². The maximum Gasteiger partial charge on any atom is 0.271 e. The number of amides is 1. The molecule has 0 saturated carbocycles. The summed E-state index contributed by atoms with van der Waals surface area (Å²) in [6.07, 6.45) is 9.89. The van der Waals surface area contributed by atoms with Crippen LogP contribution in [0.15, 0.2) is 30.7 Å². The number of hydrogen-bond donors (Lipinski definition) is 2. The maximum absolute atomic E-state index is 13.4. The molecule has 3 aromatic heterocycles. The molecular formula is C28H37N7O2. The molecule has 2 atom stereocenters. The number of Topliss-reactive ketones (excluding diaryl/α,β-unsaturated/α-hetero) is 1. The molecule has 9 heteroatoms. The van der Waals surface area contributed by atoms with Gasteiger partial charge in [0.1, 0.15) is 5.82 Å². The number of piperidine rings is 1. The fourth-order valence-corrected chi connectivity index (χ4v) is 6.05. The topological polar surface area (TPSA) is 111 Å². The van der Waals surface area contributed by atoms with Crippen LogP contribution in [0.4, 0.5) is 17.3 Å². The van der Waals surface area contributed by atoms with Gasteiger partial charge in [-0.25, -0.2) is 9.97 Å². The van der Waals surface area contributed by atoms with E-state index in [4.69, 9.17) is 10.7 Å². The average Bonchev–Trinajstić information content (AvgIpc) is 3.47. The number of hydrogen-bond acceptors (Lipinski definition) is 6. The molecule has 4 heterocycles. The average molecular weight is 504 g/mol. The van der Waals surface area contributed by atoms with Crippen molar-refractivity contribution in [1.82, 2.24) is 19.1 Å². The Morgan fingerprint density at radius 2 is 2.03 bits per heavy atom. The first-order chi connectivity index (χ1) is 17.5. The molecule has 1 aliphatic heterocycles. The van der Waals surface area contributed by atoms with E-state index < -0.39 is 5.91 Å². The Bertz CT molecular complexity index is 1350. The van der Waals surface area contributed by atoms with Crippen LogP contribution in [0.5, 0.6) is 0 Å². The van der Waals surface area contributed by atoms with Crippen LogP contribution in [0.1, 0.15) is 72.3 Å². The van der Waals surface area contributed by atoms with Crippen molar-refractivity contribution < 1.29 is 9.59 Å². The first-order valence-corrected chi connectivity index (χ1v) is 13.1. The molecule has 0 bridgehead atoms. The number of ketones is 1. The van der Waals surface area contributed by atoms with Crippen molar-refractivity contribution in [2.75, 3.05) is 16.8 Å². The highest BCUT2D eigenvalue weighted by Gasteiger charge is 2.35. The molecule has 0 radical (unpaired) electrons. The lowest BCUT2D eigenvalue weighted by molar-refractivity contribution is 0.0936. The summed E-state index contributed by atoms with van der Waals surface area (Å²) in [4.78, 5) is 36.8. The van der Waals surface area contributed by atoms with Crippen LogP contribution in [0.25, 0.3) is 0 Å². The van der Waals surface area contributed by atoms with Gasteiger partial charge in [0.15, 0.2) is 17.3 Å². The van der Waals surface area contributed by atoms with E-state index in [1.165, 1.54) is 11.3 Å². The Labute approximate surface area is 218 Å². The molecule has 1 aliphatic carbocycles. The molecule has 5 rings (SSSR count). The molecule has 1 amide bonds. The minimum Gasteiger partial charge on any atom is -0.364 e. The van der Waals surface area contributed by atoms with Gasteiger partial charge in [0.25, 0.3) is 5.91 Å². The van der Waals surface area contributed by atoms with Gasteiger partial charge in [-0.05, 0) is 61.6 Å². The molecule has 1 fully saturated rings. The number of anilines is 3. The SMILES string of the molecule is C[C@@H]1[C@H](CC(=O)c2cc3c(n2C)CC(C)(C)C3)CCCN1c1cnc(C(N)=O)c(Nc2ccn(C)c2)n1. The molecule has 9 nitrogen and oxygen atoms in total. The number of aromatic nitrogens is 4. The number of primary amides is 1. The van der Waals surface area contributed by atoms with E-state index in [1.54, 1.807) is 6.20 Å². The lowest BCUT2D eigenvalue weighted by atomic mass is 9.85. The lowest BCUT2D eigenvalue weighted by Crippen LogP contribution is -2.44. The van der Waals surface area contributed by atoms with Gasteiger partial charge in [0.05, 0.1) is 17.6 Å². The zero-order valence-electron chi connectivity index (χ0n) is 22.4. The Morgan fingerprint density at radius 3 is 2.70 bits per heavy atom. The number of nitrogens with two attached hydrogens (primary N) is 1. The predicted molar refractivity (Wildman–Crippen MR) is 144 cm³/mol. The van der Waals surface area contributed by atoms with E-state index in [0.717, 1.165) is 43.6 Å². The van der Waals surface area contributed by atoms with E-state index in [1.807, 2.05) is 37.1 Å². The van der Waals surface area contributed by atoms with Gasteiger partial charge in [-0.2, -0.15) is 0 Å². The van der Waals surface area contributed by atoms with E-state index in [-0.39, 0.29) is 28.9 Å². The van der Waals surface area contributed by atoms with Crippen molar-refractivity contribution in [2.45, 2.75) is 58.9 Å². The molecule has 0 spiro atoms. The van der Waals surface area contributed by atoms with Crippen LogP contribution in [-0.2, 0) is 26.9 Å². The monoisotopic (exact) mass is 503 g/mol. The molecule has 3 aromatic rings. The fourth-order valence-electron chi connectivity index (χ4n) is 6.05. The van der Waals surface area contributed by atoms with Crippen molar-refractivity contribution >= 4 is 29.0 Å². The summed E-state index contributed by atoms with van der Waals surface area (Å²) >= 11 is 0. The number of rotatable bonds is 7. The van der Waals surface area contributed by atoms with Crippen LogP contribution < -0.4 is 16.0 Å². The quantitative estimate of drug-likeness (QED) is 0.472. The second kappa shape index (κ2) is 9.36. The number of carbonyl (C=O) groups is 2. The van der Waals surface area contributed by atoms with Crippen LogP contribution in [-0.4, -0.2) is 43.4 Å². The van der Waals surface area contributed by atoms with Crippen LogP contribution in [0.3, 0.4) is 0 Å². The Morgan fingerprint density at radius 1 is 1.24 bits per heavy atom. The van der Waals surface area contributed by atoms with Gasteiger partial charge in [-0.3, -0.25) is 9.59 Å². The largest absolute Gasteiger partial charge is 0.364 e. The van der Waals surface area contributed by atoms with Gasteiger partial charge in [0, 0.05) is 51.2 Å². The summed E-state index contributed by atoms with van der Waals surface area (Å²) in [6, 6.07) is 4.11. The number of nitrogens with one attached hydrogen (secondary N) is 1. The van der Waals surface area contributed by atoms with Crippen LogP contribution >= 0.6 is 0 Å². The van der Waals surface area contributed by atoms with E-state index in [9.17, 15) is 9.59 Å².